The molecule has 1 aromatic carbocycles. The van der Waals surface area contributed by atoms with Crippen molar-refractivity contribution >= 4 is 23.7 Å². The Morgan fingerprint density at radius 3 is 2.55 bits per heavy atom. The molecule has 0 saturated heterocycles. The van der Waals surface area contributed by atoms with Crippen LogP contribution >= 0.6 is 0 Å². The molecule has 0 radical (unpaired) electrons. The third kappa shape index (κ3) is 3.55. The van der Waals surface area contributed by atoms with Crippen molar-refractivity contribution in [3.8, 4) is 5.75 Å². The van der Waals surface area contributed by atoms with Crippen molar-refractivity contribution in [2.45, 2.75) is 32.4 Å². The minimum absolute atomic E-state index is 0.0325. The second-order valence-electron chi connectivity index (χ2n) is 7.75. The number of ether oxygens (including phenoxy) is 1. The summed E-state index contributed by atoms with van der Waals surface area (Å²) >= 11 is 0. The molecule has 2 aliphatic rings. The third-order valence-electron chi connectivity index (χ3n) is 5.37. The van der Waals surface area contributed by atoms with Gasteiger partial charge in [-0.15, -0.1) is 5.10 Å². The number of carbonyl (C=O) groups is 2. The first-order valence-corrected chi connectivity index (χ1v) is 9.61. The van der Waals surface area contributed by atoms with Crippen LogP contribution in [0.5, 0.6) is 5.75 Å². The number of anilines is 2. The lowest BCUT2D eigenvalue weighted by molar-refractivity contribution is -0.122. The van der Waals surface area contributed by atoms with Gasteiger partial charge >= 0.3 is 0 Å². The highest BCUT2D eigenvalue weighted by molar-refractivity contribution is 5.97. The predicted octanol–water partition coefficient (Wildman–Crippen LogP) is 1.42. The van der Waals surface area contributed by atoms with Gasteiger partial charge in [-0.25, -0.2) is 0 Å². The van der Waals surface area contributed by atoms with Crippen LogP contribution in [0, 0.1) is 17.8 Å². The van der Waals surface area contributed by atoms with Gasteiger partial charge in [0.2, 0.25) is 17.8 Å². The van der Waals surface area contributed by atoms with Crippen molar-refractivity contribution in [3.05, 3.63) is 42.0 Å². The zero-order valence-corrected chi connectivity index (χ0v) is 16.3. The minimum Gasteiger partial charge on any atom is -0.491 e. The Hall–Kier alpha value is -3.36. The van der Waals surface area contributed by atoms with Crippen molar-refractivity contribution in [2.75, 3.05) is 11.1 Å². The van der Waals surface area contributed by atoms with Gasteiger partial charge < -0.3 is 21.5 Å². The molecule has 29 heavy (non-hydrogen) atoms. The Morgan fingerprint density at radius 1 is 1.21 bits per heavy atom. The fourth-order valence-corrected chi connectivity index (χ4v) is 4.19. The van der Waals surface area contributed by atoms with E-state index in [0.717, 1.165) is 11.1 Å². The fourth-order valence-electron chi connectivity index (χ4n) is 4.19. The minimum atomic E-state index is -0.387. The number of carbonyl (C=O) groups excluding carboxylic acids is 2. The maximum atomic E-state index is 13.0. The number of hydrogen-bond donors (Lipinski definition) is 3. The number of rotatable bonds is 6. The highest BCUT2D eigenvalue weighted by atomic mass is 16.5. The Morgan fingerprint density at radius 2 is 1.90 bits per heavy atom. The van der Waals surface area contributed by atoms with E-state index >= 15 is 0 Å². The number of aromatic nitrogens is 3. The lowest BCUT2D eigenvalue weighted by Crippen LogP contribution is -2.41. The van der Waals surface area contributed by atoms with Gasteiger partial charge in [-0.1, -0.05) is 12.2 Å². The summed E-state index contributed by atoms with van der Waals surface area (Å²) in [5, 5.41) is 7.23. The van der Waals surface area contributed by atoms with Crippen LogP contribution in [0.25, 0.3) is 0 Å². The number of benzene rings is 1. The van der Waals surface area contributed by atoms with Crippen molar-refractivity contribution in [2.24, 2.45) is 23.5 Å². The van der Waals surface area contributed by atoms with Gasteiger partial charge in [0.15, 0.2) is 0 Å². The number of fused-ring (bicyclic) bond motifs is 2. The van der Waals surface area contributed by atoms with Gasteiger partial charge in [-0.05, 0) is 56.4 Å². The number of amides is 1. The molecule has 2 aliphatic carbocycles. The first-order valence-electron chi connectivity index (χ1n) is 9.61. The zero-order valence-electron chi connectivity index (χ0n) is 16.3. The van der Waals surface area contributed by atoms with E-state index in [4.69, 9.17) is 16.2 Å². The van der Waals surface area contributed by atoms with Crippen molar-refractivity contribution in [1.29, 1.82) is 0 Å². The van der Waals surface area contributed by atoms with Crippen molar-refractivity contribution in [1.82, 2.24) is 14.8 Å². The average Bonchev–Trinajstić information content (AvgIpc) is 3.36. The van der Waals surface area contributed by atoms with Gasteiger partial charge in [0.05, 0.1) is 12.0 Å². The summed E-state index contributed by atoms with van der Waals surface area (Å²) in [7, 11) is 0. The summed E-state index contributed by atoms with van der Waals surface area (Å²) in [6, 6.07) is 6.52. The molecule has 2 bridgehead atoms. The molecule has 4 rings (SSSR count). The van der Waals surface area contributed by atoms with Gasteiger partial charge in [0, 0.05) is 11.6 Å². The Balaban J connectivity index is 1.58. The van der Waals surface area contributed by atoms with E-state index in [9.17, 15) is 9.59 Å². The Bertz CT molecular complexity index is 965. The molecule has 1 heterocycles. The first-order chi connectivity index (χ1) is 13.8. The Labute approximate surface area is 168 Å². The molecular weight excluding hydrogens is 372 g/mol. The smallest absolute Gasteiger partial charge is 0.281 e. The van der Waals surface area contributed by atoms with Gasteiger partial charge in [0.1, 0.15) is 5.75 Å². The molecule has 0 spiro atoms. The summed E-state index contributed by atoms with van der Waals surface area (Å²) in [4.78, 5) is 29.1. The topological polar surface area (TPSA) is 138 Å². The molecule has 4 unspecified atom stereocenters. The number of nitrogens with two attached hydrogens (primary N) is 2. The highest BCUT2D eigenvalue weighted by Gasteiger charge is 2.48. The first kappa shape index (κ1) is 19.0. The van der Waals surface area contributed by atoms with E-state index in [1.54, 1.807) is 24.3 Å². The van der Waals surface area contributed by atoms with Crippen LogP contribution in [0.1, 0.15) is 30.6 Å². The largest absolute Gasteiger partial charge is 0.491 e. The van der Waals surface area contributed by atoms with E-state index in [1.807, 2.05) is 19.9 Å². The molecule has 9 nitrogen and oxygen atoms in total. The van der Waals surface area contributed by atoms with Crippen LogP contribution in [0.4, 0.5) is 11.9 Å². The lowest BCUT2D eigenvalue weighted by Gasteiger charge is -2.26. The molecule has 1 saturated carbocycles. The monoisotopic (exact) mass is 396 g/mol. The molecule has 0 aliphatic heterocycles. The van der Waals surface area contributed by atoms with E-state index < -0.39 is 0 Å². The van der Waals surface area contributed by atoms with Gasteiger partial charge in [-0.2, -0.15) is 9.67 Å². The molecule has 2 aromatic rings. The van der Waals surface area contributed by atoms with Gasteiger partial charge in [0.25, 0.3) is 5.91 Å². The molecule has 152 valence electrons. The highest BCUT2D eigenvalue weighted by Crippen LogP contribution is 2.44. The number of allylic oxidation sites excluding steroid dienone is 1. The van der Waals surface area contributed by atoms with Crippen LogP contribution in [-0.2, 0) is 4.79 Å². The molecular formula is C20H24N6O3. The van der Waals surface area contributed by atoms with Crippen molar-refractivity contribution < 1.29 is 14.3 Å². The maximum Gasteiger partial charge on any atom is 0.281 e. The van der Waals surface area contributed by atoms with Crippen LogP contribution < -0.4 is 21.5 Å². The molecule has 5 N–H and O–H groups in total. The molecule has 4 atom stereocenters. The quantitative estimate of drug-likeness (QED) is 0.628. The van der Waals surface area contributed by atoms with Crippen LogP contribution in [0.15, 0.2) is 36.4 Å². The number of nitrogens with zero attached hydrogens (tertiary/aromatic N) is 3. The lowest BCUT2D eigenvalue weighted by atomic mass is 9.88. The third-order valence-corrected chi connectivity index (χ3v) is 5.37. The SMILES string of the molecule is CC(C)Oc1ccc(C(=O)n2nc(N)nc2NC2C3C=CC(C3)C2C(N)=O)cc1. The van der Waals surface area contributed by atoms with E-state index in [2.05, 4.69) is 21.5 Å². The van der Waals surface area contributed by atoms with Gasteiger partial charge in [-0.3, -0.25) is 9.59 Å². The number of hydrogen-bond acceptors (Lipinski definition) is 7. The van der Waals surface area contributed by atoms with E-state index in [1.165, 1.54) is 0 Å². The van der Waals surface area contributed by atoms with E-state index in [-0.39, 0.29) is 53.6 Å². The fraction of sp³-hybridized carbons (Fsp3) is 0.400. The van der Waals surface area contributed by atoms with Crippen LogP contribution in [0.2, 0.25) is 0 Å². The summed E-state index contributed by atoms with van der Waals surface area (Å²) in [6.07, 6.45) is 4.99. The zero-order chi connectivity index (χ0) is 20.7. The normalized spacial score (nSPS) is 24.8. The molecule has 1 aromatic heterocycles. The molecule has 9 heteroatoms. The molecule has 1 fully saturated rings. The summed E-state index contributed by atoms with van der Waals surface area (Å²) in [5.41, 5.74) is 11.8. The van der Waals surface area contributed by atoms with Crippen LogP contribution in [0.3, 0.4) is 0 Å². The Kier molecular flexibility index (Phi) is 4.73. The molecule has 1 amide bonds. The average molecular weight is 396 g/mol. The summed E-state index contributed by atoms with van der Waals surface area (Å²) in [5.74, 6) is -0.0286. The van der Waals surface area contributed by atoms with E-state index in [0.29, 0.717) is 11.3 Å². The summed E-state index contributed by atoms with van der Waals surface area (Å²) in [6.45, 7) is 3.86. The second kappa shape index (κ2) is 7.23. The van der Waals surface area contributed by atoms with Crippen molar-refractivity contribution in [3.63, 3.8) is 0 Å². The predicted molar refractivity (Wildman–Crippen MR) is 107 cm³/mol. The number of nitrogen functional groups attached to an aromatic ring is 1. The summed E-state index contributed by atoms with van der Waals surface area (Å²) < 4.78 is 6.73. The second-order valence-corrected chi connectivity index (χ2v) is 7.75. The number of primary amides is 1. The standard InChI is InChI=1S/C20H24N6O3/c1-10(2)29-14-7-5-11(6-8-14)18(28)26-20(24-19(22)25-26)23-16-13-4-3-12(9-13)15(16)17(21)27/h3-8,10,12-13,15-16H,9H2,1-2H3,(H2,21,27)(H3,22,23,24,25). The number of nitrogens with one attached hydrogen (secondary N) is 1. The maximum absolute atomic E-state index is 13.0. The van der Waals surface area contributed by atoms with Crippen LogP contribution in [-0.4, -0.2) is 38.7 Å².